The Hall–Kier alpha value is -1.91. The van der Waals surface area contributed by atoms with Crippen molar-refractivity contribution in [3.05, 3.63) is 51.5 Å². The highest BCUT2D eigenvalue weighted by molar-refractivity contribution is 6.42. The maximum atomic E-state index is 12.0. The number of ether oxygens (including phenoxy) is 2. The van der Waals surface area contributed by atoms with Gasteiger partial charge in [0.25, 0.3) is 0 Å². The van der Waals surface area contributed by atoms with E-state index in [0.717, 1.165) is 16.8 Å². The van der Waals surface area contributed by atoms with Crippen LogP contribution in [-0.4, -0.2) is 12.7 Å². The van der Waals surface area contributed by atoms with Crippen molar-refractivity contribution in [3.8, 4) is 11.5 Å². The quantitative estimate of drug-likeness (QED) is 0.849. The molecular weight excluding hydrogens is 325 g/mol. The molecule has 0 bridgehead atoms. The van der Waals surface area contributed by atoms with E-state index in [-0.39, 0.29) is 18.6 Å². The minimum Gasteiger partial charge on any atom is -0.454 e. The summed E-state index contributed by atoms with van der Waals surface area (Å²) in [4.78, 5) is 12.0. The summed E-state index contributed by atoms with van der Waals surface area (Å²) < 4.78 is 10.8. The number of hydrogen-bond acceptors (Lipinski definition) is 3. The molecule has 0 radical (unpaired) electrons. The van der Waals surface area contributed by atoms with Gasteiger partial charge in [0.1, 0.15) is 0 Å². The smallest absolute Gasteiger partial charge is 0.231 e. The Morgan fingerprint density at radius 2 is 1.86 bits per heavy atom. The number of benzene rings is 2. The Kier molecular flexibility index (Phi) is 3.17. The zero-order valence-corrected chi connectivity index (χ0v) is 12.9. The van der Waals surface area contributed by atoms with E-state index in [0.29, 0.717) is 28.0 Å². The van der Waals surface area contributed by atoms with Crippen molar-refractivity contribution in [1.82, 2.24) is 0 Å². The van der Waals surface area contributed by atoms with E-state index in [1.807, 2.05) is 18.2 Å². The summed E-state index contributed by atoms with van der Waals surface area (Å²) in [7, 11) is 0. The largest absolute Gasteiger partial charge is 0.454 e. The minimum atomic E-state index is -0.163. The minimum absolute atomic E-state index is 0.0626. The first-order valence-electron chi connectivity index (χ1n) is 6.81. The first-order chi connectivity index (χ1) is 10.6. The summed E-state index contributed by atoms with van der Waals surface area (Å²) in [6, 6.07) is 9.16. The van der Waals surface area contributed by atoms with E-state index < -0.39 is 0 Å². The number of anilines is 1. The molecule has 0 aliphatic carbocycles. The van der Waals surface area contributed by atoms with Gasteiger partial charge in [-0.05, 0) is 23.3 Å². The fraction of sp³-hybridized carbons (Fsp3) is 0.188. The third-order valence-electron chi connectivity index (χ3n) is 3.94. The van der Waals surface area contributed by atoms with Gasteiger partial charge in [-0.3, -0.25) is 4.79 Å². The van der Waals surface area contributed by atoms with Crippen LogP contribution in [0.25, 0.3) is 0 Å². The van der Waals surface area contributed by atoms with Gasteiger partial charge in [-0.25, -0.2) is 0 Å². The predicted molar refractivity (Wildman–Crippen MR) is 84.1 cm³/mol. The molecule has 2 aliphatic rings. The molecule has 0 aromatic heterocycles. The molecule has 0 saturated heterocycles. The Morgan fingerprint density at radius 1 is 1.09 bits per heavy atom. The topological polar surface area (TPSA) is 47.6 Å². The molecule has 1 amide bonds. The zero-order chi connectivity index (χ0) is 15.3. The SMILES string of the molecule is O=C1C[C@@H](c2cccc(Cl)c2Cl)c2cc3c(cc2N1)OCO3. The van der Waals surface area contributed by atoms with Crippen LogP contribution >= 0.6 is 23.2 Å². The molecule has 2 aliphatic heterocycles. The number of nitrogens with one attached hydrogen (secondary N) is 1. The lowest BCUT2D eigenvalue weighted by atomic mass is 9.84. The predicted octanol–water partition coefficient (Wildman–Crippen LogP) is 4.20. The maximum Gasteiger partial charge on any atom is 0.231 e. The molecule has 2 aromatic rings. The molecule has 0 spiro atoms. The Morgan fingerprint density at radius 3 is 2.68 bits per heavy atom. The molecule has 1 N–H and O–H groups in total. The molecule has 0 fully saturated rings. The second kappa shape index (κ2) is 5.07. The highest BCUT2D eigenvalue weighted by Crippen LogP contribution is 2.46. The fourth-order valence-corrected chi connectivity index (χ4v) is 3.36. The first kappa shape index (κ1) is 13.7. The summed E-state index contributed by atoms with van der Waals surface area (Å²) in [5.74, 6) is 1.09. The second-order valence-corrected chi connectivity index (χ2v) is 6.03. The van der Waals surface area contributed by atoms with Crippen LogP contribution in [0.3, 0.4) is 0 Å². The summed E-state index contributed by atoms with van der Waals surface area (Å²) >= 11 is 12.5. The molecule has 22 heavy (non-hydrogen) atoms. The highest BCUT2D eigenvalue weighted by Gasteiger charge is 2.31. The summed E-state index contributed by atoms with van der Waals surface area (Å²) in [5.41, 5.74) is 2.51. The monoisotopic (exact) mass is 335 g/mol. The average Bonchev–Trinajstić information content (AvgIpc) is 2.94. The number of rotatable bonds is 1. The molecule has 0 unspecified atom stereocenters. The normalized spacial score (nSPS) is 18.8. The molecule has 1 atom stereocenters. The van der Waals surface area contributed by atoms with Gasteiger partial charge in [0.2, 0.25) is 12.7 Å². The van der Waals surface area contributed by atoms with Gasteiger partial charge in [0, 0.05) is 24.1 Å². The maximum absolute atomic E-state index is 12.0. The molecule has 112 valence electrons. The Balaban J connectivity index is 1.89. The van der Waals surface area contributed by atoms with Crippen molar-refractivity contribution in [3.63, 3.8) is 0 Å². The molecule has 2 aromatic carbocycles. The van der Waals surface area contributed by atoms with Crippen LogP contribution in [-0.2, 0) is 4.79 Å². The molecule has 4 rings (SSSR count). The standard InChI is InChI=1S/C16H11Cl2NO3/c17-11-3-1-2-8(16(11)18)9-5-15(20)19-12-6-14-13(4-10(9)12)21-7-22-14/h1-4,6,9H,5,7H2,(H,19,20)/t9-/m0/s1. The van der Waals surface area contributed by atoms with Crippen LogP contribution < -0.4 is 14.8 Å². The van der Waals surface area contributed by atoms with Crippen LogP contribution in [0.2, 0.25) is 10.0 Å². The molecular formula is C16H11Cl2NO3. The lowest BCUT2D eigenvalue weighted by molar-refractivity contribution is -0.116. The highest BCUT2D eigenvalue weighted by atomic mass is 35.5. The molecule has 6 heteroatoms. The van der Waals surface area contributed by atoms with Crippen molar-refractivity contribution in [2.24, 2.45) is 0 Å². The van der Waals surface area contributed by atoms with Gasteiger partial charge in [-0.15, -0.1) is 0 Å². The third kappa shape index (κ3) is 2.11. The van der Waals surface area contributed by atoms with Crippen LogP contribution in [0, 0.1) is 0 Å². The van der Waals surface area contributed by atoms with Gasteiger partial charge in [0.15, 0.2) is 11.5 Å². The van der Waals surface area contributed by atoms with Gasteiger partial charge in [-0.1, -0.05) is 35.3 Å². The van der Waals surface area contributed by atoms with E-state index in [1.165, 1.54) is 0 Å². The van der Waals surface area contributed by atoms with Crippen molar-refractivity contribution in [1.29, 1.82) is 0 Å². The molecule has 0 saturated carbocycles. The zero-order valence-electron chi connectivity index (χ0n) is 11.4. The van der Waals surface area contributed by atoms with E-state index >= 15 is 0 Å². The van der Waals surface area contributed by atoms with Crippen LogP contribution in [0.15, 0.2) is 30.3 Å². The Labute approximate surface area is 136 Å². The van der Waals surface area contributed by atoms with E-state index in [2.05, 4.69) is 5.32 Å². The lowest BCUT2D eigenvalue weighted by Crippen LogP contribution is -2.23. The lowest BCUT2D eigenvalue weighted by Gasteiger charge is -2.27. The van der Waals surface area contributed by atoms with Gasteiger partial charge in [0.05, 0.1) is 10.0 Å². The van der Waals surface area contributed by atoms with Crippen LogP contribution in [0.4, 0.5) is 5.69 Å². The summed E-state index contributed by atoms with van der Waals surface area (Å²) in [6.45, 7) is 0.189. The van der Waals surface area contributed by atoms with Crippen molar-refractivity contribution < 1.29 is 14.3 Å². The van der Waals surface area contributed by atoms with Gasteiger partial charge < -0.3 is 14.8 Å². The second-order valence-electron chi connectivity index (χ2n) is 5.24. The van der Waals surface area contributed by atoms with Gasteiger partial charge in [-0.2, -0.15) is 0 Å². The van der Waals surface area contributed by atoms with Crippen LogP contribution in [0.1, 0.15) is 23.5 Å². The number of hydrogen-bond donors (Lipinski definition) is 1. The van der Waals surface area contributed by atoms with E-state index in [9.17, 15) is 4.79 Å². The van der Waals surface area contributed by atoms with E-state index in [1.54, 1.807) is 12.1 Å². The third-order valence-corrected chi connectivity index (χ3v) is 4.77. The Bertz CT molecular complexity index is 791. The van der Waals surface area contributed by atoms with Gasteiger partial charge >= 0.3 is 0 Å². The van der Waals surface area contributed by atoms with E-state index in [4.69, 9.17) is 32.7 Å². The average molecular weight is 336 g/mol. The summed E-state index contributed by atoms with van der Waals surface area (Å²) in [5, 5.41) is 3.83. The number of amides is 1. The fourth-order valence-electron chi connectivity index (χ4n) is 2.92. The summed E-state index contributed by atoms with van der Waals surface area (Å²) in [6.07, 6.45) is 0.312. The van der Waals surface area contributed by atoms with Crippen molar-refractivity contribution in [2.75, 3.05) is 12.1 Å². The van der Waals surface area contributed by atoms with Crippen molar-refractivity contribution in [2.45, 2.75) is 12.3 Å². The number of halogens is 2. The first-order valence-corrected chi connectivity index (χ1v) is 7.56. The number of carbonyl (C=O) groups is 1. The van der Waals surface area contributed by atoms with Crippen molar-refractivity contribution >= 4 is 34.8 Å². The molecule has 2 heterocycles. The molecule has 4 nitrogen and oxygen atoms in total. The number of carbonyl (C=O) groups excluding carboxylic acids is 1. The van der Waals surface area contributed by atoms with Crippen LogP contribution in [0.5, 0.6) is 11.5 Å². The number of fused-ring (bicyclic) bond motifs is 2.